The van der Waals surface area contributed by atoms with Crippen molar-refractivity contribution < 1.29 is 0 Å². The molecule has 83 valence electrons. The maximum absolute atomic E-state index is 2.43. The Morgan fingerprint density at radius 3 is 2.33 bits per heavy atom. The Morgan fingerprint density at radius 2 is 1.80 bits per heavy atom. The van der Waals surface area contributed by atoms with Crippen molar-refractivity contribution in [3.63, 3.8) is 0 Å². The van der Waals surface area contributed by atoms with Gasteiger partial charge in [0.1, 0.15) is 0 Å². The van der Waals surface area contributed by atoms with Gasteiger partial charge in [0.2, 0.25) is 0 Å². The molecule has 0 nitrogen and oxygen atoms in total. The molecule has 15 heavy (non-hydrogen) atoms. The van der Waals surface area contributed by atoms with E-state index in [0.29, 0.717) is 5.92 Å². The fourth-order valence-corrected chi connectivity index (χ4v) is 2.29. The van der Waals surface area contributed by atoms with Gasteiger partial charge in [-0.1, -0.05) is 44.9 Å². The van der Waals surface area contributed by atoms with Gasteiger partial charge in [-0.25, -0.2) is 0 Å². The molecule has 1 unspecified atom stereocenters. The summed E-state index contributed by atoms with van der Waals surface area (Å²) in [5.74, 6) is 0.665. The second kappa shape index (κ2) is 5.95. The molecular formula is C15H23. The maximum atomic E-state index is 2.43. The Balaban J connectivity index is 2.68. The second-order valence-corrected chi connectivity index (χ2v) is 4.52. The first-order valence-electron chi connectivity index (χ1n) is 6.04. The molecular weight excluding hydrogens is 180 g/mol. The van der Waals surface area contributed by atoms with Crippen molar-refractivity contribution in [1.82, 2.24) is 0 Å². The van der Waals surface area contributed by atoms with E-state index in [0.717, 1.165) is 0 Å². The van der Waals surface area contributed by atoms with E-state index in [1.165, 1.54) is 30.4 Å². The predicted molar refractivity (Wildman–Crippen MR) is 68.2 cm³/mol. The molecule has 0 saturated carbocycles. The molecule has 0 aromatic heterocycles. The highest BCUT2D eigenvalue weighted by Gasteiger charge is 2.10. The smallest absolute Gasteiger partial charge is 0.0182 e. The van der Waals surface area contributed by atoms with E-state index in [-0.39, 0.29) is 0 Å². The van der Waals surface area contributed by atoms with Crippen molar-refractivity contribution >= 4 is 0 Å². The van der Waals surface area contributed by atoms with E-state index < -0.39 is 0 Å². The van der Waals surface area contributed by atoms with Crippen LogP contribution in [-0.4, -0.2) is 0 Å². The van der Waals surface area contributed by atoms with Crippen molar-refractivity contribution in [3.8, 4) is 0 Å². The summed E-state index contributed by atoms with van der Waals surface area (Å²) < 4.78 is 0. The van der Waals surface area contributed by atoms with Crippen molar-refractivity contribution in [1.29, 1.82) is 0 Å². The summed E-state index contributed by atoms with van der Waals surface area (Å²) in [7, 11) is 0. The molecule has 0 amide bonds. The van der Waals surface area contributed by atoms with E-state index in [2.05, 4.69) is 52.3 Å². The zero-order chi connectivity index (χ0) is 11.3. The fraction of sp³-hybridized carbons (Fsp3) is 0.533. The molecule has 0 heterocycles. The van der Waals surface area contributed by atoms with Crippen molar-refractivity contribution in [2.45, 2.75) is 52.9 Å². The average Bonchev–Trinajstić information content (AvgIpc) is 2.18. The molecule has 1 atom stereocenters. The molecule has 0 bridgehead atoms. The Hall–Kier alpha value is -0.780. The van der Waals surface area contributed by atoms with Gasteiger partial charge in [-0.3, -0.25) is 0 Å². The van der Waals surface area contributed by atoms with Gasteiger partial charge in [0.25, 0.3) is 0 Å². The Morgan fingerprint density at radius 1 is 1.20 bits per heavy atom. The Labute approximate surface area is 94.7 Å². The van der Waals surface area contributed by atoms with Gasteiger partial charge in [-0.15, -0.1) is 0 Å². The third kappa shape index (κ3) is 3.37. The highest BCUT2D eigenvalue weighted by Crippen LogP contribution is 2.27. The third-order valence-corrected chi connectivity index (χ3v) is 3.05. The van der Waals surface area contributed by atoms with Gasteiger partial charge in [0.15, 0.2) is 0 Å². The van der Waals surface area contributed by atoms with E-state index in [1.54, 1.807) is 5.56 Å². The van der Waals surface area contributed by atoms with E-state index in [9.17, 15) is 0 Å². The van der Waals surface area contributed by atoms with Crippen LogP contribution in [-0.2, 0) is 0 Å². The first-order chi connectivity index (χ1) is 7.16. The lowest BCUT2D eigenvalue weighted by atomic mass is 9.88. The molecule has 1 aromatic rings. The molecule has 0 saturated heterocycles. The third-order valence-electron chi connectivity index (χ3n) is 3.05. The van der Waals surface area contributed by atoms with Crippen LogP contribution in [0.1, 0.15) is 55.7 Å². The number of aryl methyl sites for hydroxylation is 2. The van der Waals surface area contributed by atoms with Gasteiger partial charge in [-0.2, -0.15) is 0 Å². The lowest BCUT2D eigenvalue weighted by molar-refractivity contribution is 0.698. The average molecular weight is 203 g/mol. The summed E-state index contributed by atoms with van der Waals surface area (Å²) >= 11 is 0. The topological polar surface area (TPSA) is 0 Å². The van der Waals surface area contributed by atoms with Gasteiger partial charge < -0.3 is 0 Å². The van der Waals surface area contributed by atoms with Crippen LogP contribution in [0, 0.1) is 20.3 Å². The van der Waals surface area contributed by atoms with Gasteiger partial charge >= 0.3 is 0 Å². The summed E-state index contributed by atoms with van der Waals surface area (Å²) in [5.41, 5.74) is 4.42. The lowest BCUT2D eigenvalue weighted by Crippen LogP contribution is -2.00. The minimum absolute atomic E-state index is 0.665. The van der Waals surface area contributed by atoms with Crippen LogP contribution < -0.4 is 0 Å². The van der Waals surface area contributed by atoms with Crippen LogP contribution in [0.5, 0.6) is 0 Å². The van der Waals surface area contributed by atoms with Crippen molar-refractivity contribution in [2.24, 2.45) is 0 Å². The normalized spacial score (nSPS) is 12.8. The monoisotopic (exact) mass is 203 g/mol. The molecule has 0 aliphatic rings. The zero-order valence-corrected chi connectivity index (χ0v) is 10.5. The van der Waals surface area contributed by atoms with E-state index in [1.807, 2.05) is 0 Å². The van der Waals surface area contributed by atoms with Crippen molar-refractivity contribution in [3.05, 3.63) is 41.3 Å². The number of unbranched alkanes of at least 4 members (excludes halogenated alkanes) is 2. The highest BCUT2D eigenvalue weighted by atomic mass is 14.1. The summed E-state index contributed by atoms with van der Waals surface area (Å²) in [5, 5.41) is 0. The molecule has 0 aliphatic carbocycles. The highest BCUT2D eigenvalue weighted by molar-refractivity contribution is 5.36. The molecule has 0 aliphatic heterocycles. The van der Waals surface area contributed by atoms with Crippen LogP contribution in [0.15, 0.2) is 18.2 Å². The predicted octanol–water partition coefficient (Wildman–Crippen LogP) is 4.80. The first-order valence-corrected chi connectivity index (χ1v) is 6.04. The summed E-state index contributed by atoms with van der Waals surface area (Å²) in [4.78, 5) is 0. The maximum Gasteiger partial charge on any atom is -0.0182 e. The number of hydrogen-bond acceptors (Lipinski definition) is 0. The van der Waals surface area contributed by atoms with Crippen LogP contribution in [0.25, 0.3) is 0 Å². The molecule has 0 spiro atoms. The number of benzene rings is 1. The van der Waals surface area contributed by atoms with E-state index >= 15 is 0 Å². The minimum Gasteiger partial charge on any atom is -0.0654 e. The molecule has 1 rings (SSSR count). The SMILES string of the molecule is CCC[CH]CC(C)c1c(C)cccc1C. The van der Waals surface area contributed by atoms with Crippen LogP contribution >= 0.6 is 0 Å². The zero-order valence-electron chi connectivity index (χ0n) is 10.5. The Bertz CT molecular complexity index is 279. The fourth-order valence-electron chi connectivity index (χ4n) is 2.29. The molecule has 0 heteroatoms. The number of hydrogen-bond donors (Lipinski definition) is 0. The molecule has 1 radical (unpaired) electrons. The van der Waals surface area contributed by atoms with Gasteiger partial charge in [-0.05, 0) is 49.3 Å². The second-order valence-electron chi connectivity index (χ2n) is 4.52. The molecule has 1 aromatic carbocycles. The molecule has 0 N–H and O–H groups in total. The summed E-state index contributed by atoms with van der Waals surface area (Å²) in [6, 6.07) is 6.59. The molecule has 0 fully saturated rings. The summed E-state index contributed by atoms with van der Waals surface area (Å²) in [6.45, 7) is 9.01. The minimum atomic E-state index is 0.665. The van der Waals surface area contributed by atoms with Crippen LogP contribution in [0.3, 0.4) is 0 Å². The van der Waals surface area contributed by atoms with Crippen molar-refractivity contribution in [2.75, 3.05) is 0 Å². The summed E-state index contributed by atoms with van der Waals surface area (Å²) in [6.07, 6.45) is 6.14. The van der Waals surface area contributed by atoms with Crippen LogP contribution in [0.4, 0.5) is 0 Å². The van der Waals surface area contributed by atoms with E-state index in [4.69, 9.17) is 0 Å². The number of rotatable bonds is 5. The van der Waals surface area contributed by atoms with Crippen LogP contribution in [0.2, 0.25) is 0 Å². The Kier molecular flexibility index (Phi) is 4.87. The lowest BCUT2D eigenvalue weighted by Gasteiger charge is -2.17. The standard InChI is InChI=1S/C15H23/c1-5-6-7-9-12(2)15-13(3)10-8-11-14(15)4/h7-8,10-12H,5-6,9H2,1-4H3. The first kappa shape index (κ1) is 12.3. The largest absolute Gasteiger partial charge is 0.0654 e. The van der Waals surface area contributed by atoms with Gasteiger partial charge in [0.05, 0.1) is 0 Å². The van der Waals surface area contributed by atoms with Gasteiger partial charge in [0, 0.05) is 0 Å². The quantitative estimate of drug-likeness (QED) is 0.603.